The Kier molecular flexibility index (Phi) is 8.84. The van der Waals surface area contributed by atoms with E-state index in [0.29, 0.717) is 46.9 Å². The van der Waals surface area contributed by atoms with Gasteiger partial charge in [0.2, 0.25) is 0 Å². The number of halogens is 2. The van der Waals surface area contributed by atoms with Crippen LogP contribution in [0.3, 0.4) is 0 Å². The van der Waals surface area contributed by atoms with Crippen LogP contribution in [0.5, 0.6) is 5.75 Å². The number of carbonyl (C=O) groups excluding carboxylic acids is 2. The summed E-state index contributed by atoms with van der Waals surface area (Å²) in [7, 11) is 1.59. The van der Waals surface area contributed by atoms with E-state index < -0.39 is 17.7 Å². The van der Waals surface area contributed by atoms with E-state index in [1.54, 1.807) is 79.9 Å². The fourth-order valence-electron chi connectivity index (χ4n) is 4.07. The number of methoxy groups -OCH3 is 1. The Morgan fingerprint density at radius 2 is 1.62 bits per heavy atom. The normalized spacial score (nSPS) is 16.8. The molecule has 1 atom stereocenters. The molecule has 1 amide bonds. The first-order valence-electron chi connectivity index (χ1n) is 11.5. The van der Waals surface area contributed by atoms with E-state index in [1.807, 2.05) is 0 Å². The van der Waals surface area contributed by atoms with Crippen molar-refractivity contribution in [2.75, 3.05) is 38.4 Å². The van der Waals surface area contributed by atoms with Crippen LogP contribution >= 0.6 is 23.2 Å². The van der Waals surface area contributed by atoms with Crippen molar-refractivity contribution >= 4 is 46.3 Å². The van der Waals surface area contributed by atoms with Crippen molar-refractivity contribution in [3.63, 3.8) is 0 Å². The zero-order valence-electron chi connectivity index (χ0n) is 20.0. The number of aliphatic hydroxyl groups is 1. The average molecular weight is 542 g/mol. The second-order valence-corrected chi connectivity index (χ2v) is 9.02. The number of carbonyl (C=O) groups is 2. The topological polar surface area (TPSA) is 85.3 Å². The summed E-state index contributed by atoms with van der Waals surface area (Å²) in [6, 6.07) is 19.2. The molecular formula is C28H25Cl2NO6. The lowest BCUT2D eigenvalue weighted by Crippen LogP contribution is -2.29. The van der Waals surface area contributed by atoms with Gasteiger partial charge in [0.25, 0.3) is 11.7 Å². The van der Waals surface area contributed by atoms with Crippen LogP contribution in [0.1, 0.15) is 17.2 Å². The second kappa shape index (κ2) is 12.3. The van der Waals surface area contributed by atoms with Crippen LogP contribution in [-0.2, 0) is 19.1 Å². The molecule has 0 radical (unpaired) electrons. The Labute approximate surface area is 224 Å². The molecule has 1 aliphatic heterocycles. The van der Waals surface area contributed by atoms with Gasteiger partial charge in [-0.25, -0.2) is 0 Å². The minimum absolute atomic E-state index is 0.0697. The highest BCUT2D eigenvalue weighted by atomic mass is 35.5. The molecule has 1 heterocycles. The SMILES string of the molecule is COCCOCCOc1ccccc1C(O)=C1C(=O)C(=O)N(c2cccc(Cl)c2)C1c1ccc(Cl)cc1. The predicted octanol–water partition coefficient (Wildman–Crippen LogP) is 5.66. The molecule has 0 aliphatic carbocycles. The summed E-state index contributed by atoms with van der Waals surface area (Å²) >= 11 is 12.3. The Bertz CT molecular complexity index is 1310. The number of amides is 1. The number of nitrogens with zero attached hydrogens (tertiary/aromatic N) is 1. The van der Waals surface area contributed by atoms with Crippen molar-refractivity contribution in [1.29, 1.82) is 0 Å². The predicted molar refractivity (Wildman–Crippen MR) is 142 cm³/mol. The Balaban J connectivity index is 1.76. The maximum atomic E-state index is 13.4. The van der Waals surface area contributed by atoms with Crippen molar-refractivity contribution < 1.29 is 28.9 Å². The number of aliphatic hydroxyl groups excluding tert-OH is 1. The number of para-hydroxylation sites is 1. The summed E-state index contributed by atoms with van der Waals surface area (Å²) in [5, 5.41) is 12.4. The van der Waals surface area contributed by atoms with Crippen LogP contribution < -0.4 is 9.64 Å². The lowest BCUT2D eigenvalue weighted by molar-refractivity contribution is -0.132. The van der Waals surface area contributed by atoms with Crippen molar-refractivity contribution in [2.45, 2.75) is 6.04 Å². The maximum Gasteiger partial charge on any atom is 0.300 e. The van der Waals surface area contributed by atoms with Gasteiger partial charge < -0.3 is 19.3 Å². The molecule has 0 bridgehead atoms. The summed E-state index contributed by atoms with van der Waals surface area (Å²) < 4.78 is 16.2. The van der Waals surface area contributed by atoms with Crippen LogP contribution in [0, 0.1) is 0 Å². The second-order valence-electron chi connectivity index (χ2n) is 8.15. The summed E-state index contributed by atoms with van der Waals surface area (Å²) in [6.07, 6.45) is 0. The Hall–Kier alpha value is -3.36. The van der Waals surface area contributed by atoms with E-state index in [2.05, 4.69) is 0 Å². The van der Waals surface area contributed by atoms with Crippen LogP contribution in [0.2, 0.25) is 10.0 Å². The number of hydrogen-bond acceptors (Lipinski definition) is 6. The lowest BCUT2D eigenvalue weighted by atomic mass is 9.95. The van der Waals surface area contributed by atoms with Gasteiger partial charge in [0.05, 0.1) is 37.0 Å². The van der Waals surface area contributed by atoms with Crippen LogP contribution in [0.4, 0.5) is 5.69 Å². The molecule has 0 saturated carbocycles. The quantitative estimate of drug-likeness (QED) is 0.154. The van der Waals surface area contributed by atoms with Gasteiger partial charge in [-0.2, -0.15) is 0 Å². The molecule has 1 fully saturated rings. The third-order valence-electron chi connectivity index (χ3n) is 5.78. The summed E-state index contributed by atoms with van der Waals surface area (Å²) in [5.41, 5.74) is 1.23. The zero-order valence-corrected chi connectivity index (χ0v) is 21.5. The number of anilines is 1. The van der Waals surface area contributed by atoms with Crippen LogP contribution in [0.15, 0.2) is 78.4 Å². The smallest absolute Gasteiger partial charge is 0.300 e. The largest absolute Gasteiger partial charge is 0.507 e. The number of rotatable bonds is 10. The highest BCUT2D eigenvalue weighted by Crippen LogP contribution is 2.43. The molecule has 1 aliphatic rings. The van der Waals surface area contributed by atoms with Gasteiger partial charge in [0, 0.05) is 22.8 Å². The number of ketones is 1. The first kappa shape index (κ1) is 26.7. The monoisotopic (exact) mass is 541 g/mol. The molecule has 37 heavy (non-hydrogen) atoms. The zero-order chi connectivity index (χ0) is 26.4. The molecule has 3 aromatic carbocycles. The average Bonchev–Trinajstić information content (AvgIpc) is 3.16. The highest BCUT2D eigenvalue weighted by Gasteiger charge is 2.47. The van der Waals surface area contributed by atoms with Crippen molar-refractivity contribution in [1.82, 2.24) is 0 Å². The Morgan fingerprint density at radius 1 is 0.892 bits per heavy atom. The number of ether oxygens (including phenoxy) is 3. The molecule has 0 spiro atoms. The van der Waals surface area contributed by atoms with Crippen LogP contribution in [0.25, 0.3) is 5.76 Å². The van der Waals surface area contributed by atoms with E-state index >= 15 is 0 Å². The first-order valence-corrected chi connectivity index (χ1v) is 12.3. The van der Waals surface area contributed by atoms with Gasteiger partial charge in [0.1, 0.15) is 18.1 Å². The molecule has 0 aromatic heterocycles. The molecule has 4 rings (SSSR count). The van der Waals surface area contributed by atoms with Gasteiger partial charge in [-0.15, -0.1) is 0 Å². The van der Waals surface area contributed by atoms with Gasteiger partial charge in [-0.1, -0.05) is 53.5 Å². The van der Waals surface area contributed by atoms with Crippen molar-refractivity contribution in [3.05, 3.63) is 99.5 Å². The van der Waals surface area contributed by atoms with Crippen molar-refractivity contribution in [2.24, 2.45) is 0 Å². The standard InChI is InChI=1S/C28H25Cl2NO6/c1-35-13-14-36-15-16-37-23-8-3-2-7-22(23)26(32)24-25(18-9-11-19(29)12-10-18)31(28(34)27(24)33)21-6-4-5-20(30)17-21/h2-12,17,25,32H,13-16H2,1H3. The Morgan fingerprint density at radius 3 is 2.35 bits per heavy atom. The molecule has 1 unspecified atom stereocenters. The van der Waals surface area contributed by atoms with E-state index in [9.17, 15) is 14.7 Å². The highest BCUT2D eigenvalue weighted by molar-refractivity contribution is 6.52. The number of hydrogen-bond donors (Lipinski definition) is 1. The van der Waals surface area contributed by atoms with E-state index in [1.165, 1.54) is 4.90 Å². The summed E-state index contributed by atoms with van der Waals surface area (Å²) in [4.78, 5) is 28.0. The van der Waals surface area contributed by atoms with Gasteiger partial charge in [-0.3, -0.25) is 14.5 Å². The molecular weight excluding hydrogens is 517 g/mol. The maximum absolute atomic E-state index is 13.4. The molecule has 7 nitrogen and oxygen atoms in total. The van der Waals surface area contributed by atoms with Gasteiger partial charge in [-0.05, 0) is 48.0 Å². The third kappa shape index (κ3) is 5.97. The fraction of sp³-hybridized carbons (Fsp3) is 0.214. The van der Waals surface area contributed by atoms with E-state index in [0.717, 1.165) is 0 Å². The molecule has 192 valence electrons. The van der Waals surface area contributed by atoms with Gasteiger partial charge in [0.15, 0.2) is 0 Å². The lowest BCUT2D eigenvalue weighted by Gasteiger charge is -2.25. The van der Waals surface area contributed by atoms with Crippen LogP contribution in [-0.4, -0.2) is 50.3 Å². The van der Waals surface area contributed by atoms with Gasteiger partial charge >= 0.3 is 0 Å². The molecule has 1 N–H and O–H groups in total. The molecule has 3 aromatic rings. The minimum atomic E-state index is -0.916. The first-order chi connectivity index (χ1) is 17.9. The molecule has 9 heteroatoms. The number of Topliss-reactive ketones (excluding diaryl/α,β-unsaturated/α-hetero) is 1. The minimum Gasteiger partial charge on any atom is -0.507 e. The van der Waals surface area contributed by atoms with Crippen molar-refractivity contribution in [3.8, 4) is 5.75 Å². The van der Waals surface area contributed by atoms with E-state index in [4.69, 9.17) is 37.4 Å². The summed E-state index contributed by atoms with van der Waals surface area (Å²) in [6.45, 7) is 1.41. The third-order valence-corrected chi connectivity index (χ3v) is 6.26. The van der Waals surface area contributed by atoms with E-state index in [-0.39, 0.29) is 23.5 Å². The summed E-state index contributed by atoms with van der Waals surface area (Å²) in [5.74, 6) is -1.61. The number of benzene rings is 3. The fourth-order valence-corrected chi connectivity index (χ4v) is 4.38. The molecule has 1 saturated heterocycles.